The van der Waals surface area contributed by atoms with E-state index in [4.69, 9.17) is 10.0 Å². The predicted octanol–water partition coefficient (Wildman–Crippen LogP) is 1.24. The van der Waals surface area contributed by atoms with Crippen molar-refractivity contribution in [1.82, 2.24) is 0 Å². The molecule has 4 heteroatoms. The Morgan fingerprint density at radius 1 is 1.71 bits per heavy atom. The molecule has 0 saturated heterocycles. The van der Waals surface area contributed by atoms with Crippen molar-refractivity contribution in [1.29, 1.82) is 0 Å². The van der Waals surface area contributed by atoms with Gasteiger partial charge in [-0.15, -0.1) is 28.2 Å². The molecule has 0 radical (unpaired) electrons. The molecule has 1 unspecified atom stereocenters. The van der Waals surface area contributed by atoms with Crippen LogP contribution in [0.1, 0.15) is 0 Å². The zero-order valence-electron chi connectivity index (χ0n) is 4.36. The molecule has 0 bridgehead atoms. The lowest BCUT2D eigenvalue weighted by Gasteiger charge is -1.58. The van der Waals surface area contributed by atoms with Gasteiger partial charge in [-0.05, 0) is 6.16 Å². The van der Waals surface area contributed by atoms with E-state index in [9.17, 15) is 0 Å². The predicted molar refractivity (Wildman–Crippen MR) is 46.4 cm³/mol. The van der Waals surface area contributed by atoms with Crippen LogP contribution in [0.4, 0.5) is 0 Å². The minimum absolute atomic E-state index is 0. The van der Waals surface area contributed by atoms with Gasteiger partial charge in [0.15, 0.2) is 0 Å². The van der Waals surface area contributed by atoms with Gasteiger partial charge in [0.25, 0.3) is 0 Å². The van der Waals surface area contributed by atoms with E-state index in [1.54, 1.807) is 0 Å². The van der Waals surface area contributed by atoms with Gasteiger partial charge >= 0.3 is 15.4 Å². The van der Waals surface area contributed by atoms with Crippen LogP contribution in [0.25, 0.3) is 0 Å². The summed E-state index contributed by atoms with van der Waals surface area (Å²) in [5, 5.41) is 0. The molecule has 0 aliphatic heterocycles. The monoisotopic (exact) mass is 174 g/mol. The molecule has 44 valence electrons. The Morgan fingerprint density at radius 2 is 1.86 bits per heavy atom. The number of rotatable bonds is 1. The maximum absolute atomic E-state index is 4.78. The van der Waals surface area contributed by atoms with Crippen molar-refractivity contribution >= 4 is 47.1 Å². The fraction of sp³-hybridized carbons (Fsp3) is 0.333. The fourth-order valence-electron chi connectivity index (χ4n) is 0. The van der Waals surface area contributed by atoms with Crippen molar-refractivity contribution in [2.24, 2.45) is 0 Å². The van der Waals surface area contributed by atoms with Crippen molar-refractivity contribution in [2.75, 3.05) is 6.16 Å². The van der Waals surface area contributed by atoms with E-state index in [1.807, 2.05) is 6.08 Å². The second-order valence-electron chi connectivity index (χ2n) is 0.524. The first-order chi connectivity index (χ1) is 2.91. The van der Waals surface area contributed by atoms with Crippen LogP contribution in [0, 0.1) is 0 Å². The summed E-state index contributed by atoms with van der Waals surface area (Å²) in [6.07, 6.45) is 2.84. The molecule has 0 nitrogen and oxygen atoms in total. The van der Waals surface area contributed by atoms with E-state index in [-0.39, 0.29) is 12.4 Å². The normalized spacial score (nSPS) is 4.29. The molecule has 0 aliphatic carbocycles. The smallest absolute Gasteiger partial charge is 0.273 e. The minimum atomic E-state index is 0. The molecule has 0 saturated carbocycles. The van der Waals surface area contributed by atoms with Crippen LogP contribution in [0.15, 0.2) is 12.7 Å². The van der Waals surface area contributed by atoms with Gasteiger partial charge in [0.1, 0.15) is 0 Å². The average molecular weight is 175 g/mol. The zero-order chi connectivity index (χ0) is 5.41. The summed E-state index contributed by atoms with van der Waals surface area (Å²) < 4.78 is 0. The molecule has 0 aromatic carbocycles. The molecule has 0 aromatic heterocycles. The van der Waals surface area contributed by atoms with Crippen LogP contribution < -0.4 is 0 Å². The number of halogens is 2. The lowest BCUT2D eigenvalue weighted by atomic mass is 10.8. The summed E-state index contributed by atoms with van der Waals surface area (Å²) in [5.74, 6) is 0. The molecule has 0 aliphatic rings. The Hall–Kier alpha value is 1.28. The SMILES string of the molecule is C=CCP.Cl.[AlH2][Cl]. The zero-order valence-corrected chi connectivity index (χ0v) is 9.08. The quantitative estimate of drug-likeness (QED) is 0.319. The highest BCUT2D eigenvalue weighted by molar-refractivity contribution is 7.16. The first kappa shape index (κ1) is 15.7. The second-order valence-corrected chi connectivity index (χ2v) is 0.996. The van der Waals surface area contributed by atoms with Crippen molar-refractivity contribution in [2.45, 2.75) is 0 Å². The topological polar surface area (TPSA) is 0 Å². The molecule has 0 heterocycles. The largest absolute Gasteiger partial charge is 0.353 e. The van der Waals surface area contributed by atoms with E-state index in [2.05, 4.69) is 15.8 Å². The highest BCUT2D eigenvalue weighted by Gasteiger charge is 1.44. The van der Waals surface area contributed by atoms with Crippen LogP contribution in [0.3, 0.4) is 0 Å². The average Bonchev–Trinajstić information content (AvgIpc) is 1.72. The van der Waals surface area contributed by atoms with E-state index >= 15 is 0 Å². The maximum atomic E-state index is 4.78. The van der Waals surface area contributed by atoms with Crippen molar-refractivity contribution in [3.05, 3.63) is 12.7 Å². The van der Waals surface area contributed by atoms with Crippen LogP contribution in [-0.2, 0) is 0 Å². The van der Waals surface area contributed by atoms with Crippen LogP contribution in [0.2, 0.25) is 0 Å². The second kappa shape index (κ2) is 26.7. The number of hydrogen-bond acceptors (Lipinski definition) is 0. The van der Waals surface area contributed by atoms with E-state index in [0.29, 0.717) is 0 Å². The number of allylic oxidation sites excluding steroid dienone is 1. The van der Waals surface area contributed by atoms with Gasteiger partial charge in [-0.25, -0.2) is 0 Å². The Morgan fingerprint density at radius 3 is 1.86 bits per heavy atom. The maximum Gasteiger partial charge on any atom is 0.353 e. The highest BCUT2D eigenvalue weighted by Crippen LogP contribution is 1.74. The summed E-state index contributed by atoms with van der Waals surface area (Å²) >= 11 is 0.778. The third-order valence-electron chi connectivity index (χ3n) is 0.167. The van der Waals surface area contributed by atoms with E-state index < -0.39 is 0 Å². The van der Waals surface area contributed by atoms with Crippen molar-refractivity contribution < 1.29 is 0 Å². The lowest BCUT2D eigenvalue weighted by molar-refractivity contribution is 1.83. The molecule has 0 aromatic rings. The van der Waals surface area contributed by atoms with Gasteiger partial charge in [-0.1, -0.05) is 6.08 Å². The fourth-order valence-corrected chi connectivity index (χ4v) is 0. The molecule has 0 fully saturated rings. The summed E-state index contributed by atoms with van der Waals surface area (Å²) in [6.45, 7) is 3.46. The van der Waals surface area contributed by atoms with Gasteiger partial charge in [-0.2, -0.15) is 0 Å². The Kier molecular flexibility index (Phi) is 60.0. The Balaban J connectivity index is -0.0000000480. The third kappa shape index (κ3) is 39.0. The van der Waals surface area contributed by atoms with E-state index in [1.165, 1.54) is 0 Å². The molecule has 0 rings (SSSR count). The summed E-state index contributed by atoms with van der Waals surface area (Å²) in [5.41, 5.74) is 0. The Bertz CT molecular complexity index is 26.9. The number of hydrogen-bond donors (Lipinski definition) is 0. The first-order valence-electron chi connectivity index (χ1n) is 1.60. The summed E-state index contributed by atoms with van der Waals surface area (Å²) in [6, 6.07) is 0. The Labute approximate surface area is 65.9 Å². The molecule has 1 atom stereocenters. The summed E-state index contributed by atoms with van der Waals surface area (Å²) in [7, 11) is 7.31. The van der Waals surface area contributed by atoms with Gasteiger partial charge in [0.05, 0.1) is 0 Å². The van der Waals surface area contributed by atoms with Crippen molar-refractivity contribution in [3.8, 4) is 0 Å². The summed E-state index contributed by atoms with van der Waals surface area (Å²) in [4.78, 5) is 0. The molecular formula is C3H10AlCl2P. The lowest BCUT2D eigenvalue weighted by Crippen LogP contribution is -1.43. The highest BCUT2D eigenvalue weighted by atomic mass is 35.6. The van der Waals surface area contributed by atoms with Gasteiger partial charge in [0, 0.05) is 0 Å². The molecular weight excluding hydrogens is 165 g/mol. The van der Waals surface area contributed by atoms with Crippen LogP contribution in [-0.4, -0.2) is 21.5 Å². The molecule has 0 N–H and O–H groups in total. The minimum Gasteiger partial charge on any atom is -0.273 e. The molecule has 0 amide bonds. The molecule has 0 spiro atoms. The van der Waals surface area contributed by atoms with E-state index in [0.717, 1.165) is 21.5 Å². The van der Waals surface area contributed by atoms with Crippen LogP contribution >= 0.6 is 31.7 Å². The van der Waals surface area contributed by atoms with Gasteiger partial charge in [-0.3, -0.25) is 10.0 Å². The first-order valence-corrected chi connectivity index (χ1v) is 5.44. The van der Waals surface area contributed by atoms with Gasteiger partial charge < -0.3 is 0 Å². The van der Waals surface area contributed by atoms with Gasteiger partial charge in [0.2, 0.25) is 0 Å². The third-order valence-corrected chi connectivity index (χ3v) is 0.500. The van der Waals surface area contributed by atoms with Crippen LogP contribution in [0.5, 0.6) is 0 Å². The molecule has 7 heavy (non-hydrogen) atoms. The van der Waals surface area contributed by atoms with Crippen molar-refractivity contribution in [3.63, 3.8) is 0 Å². The standard InChI is InChI=1S/C3H7P.Al.2ClH.2H/c1-2-3-4;;;;;/h2H,1,3-4H2;;2*1H;;/q;+1;;;;/p-1.